The minimum atomic E-state index is -0.0789. The van der Waals surface area contributed by atoms with E-state index in [4.69, 9.17) is 9.47 Å². The normalized spacial score (nSPS) is 18.2. The molecule has 0 unspecified atom stereocenters. The van der Waals surface area contributed by atoms with Gasteiger partial charge in [0, 0.05) is 31.4 Å². The summed E-state index contributed by atoms with van der Waals surface area (Å²) in [7, 11) is 0. The summed E-state index contributed by atoms with van der Waals surface area (Å²) in [5, 5.41) is 7.35. The number of nitrogens with one attached hydrogen (secondary N) is 1. The van der Waals surface area contributed by atoms with Crippen LogP contribution in [0.5, 0.6) is 11.5 Å². The summed E-state index contributed by atoms with van der Waals surface area (Å²) in [5.41, 5.74) is 1.87. The molecule has 0 bridgehead atoms. The summed E-state index contributed by atoms with van der Waals surface area (Å²) in [6.07, 6.45) is 3.32. The first-order chi connectivity index (χ1) is 14.2. The Bertz CT molecular complexity index is 1070. The third-order valence-electron chi connectivity index (χ3n) is 5.38. The van der Waals surface area contributed by atoms with Gasteiger partial charge in [0.25, 0.3) is 5.78 Å². The van der Waals surface area contributed by atoms with E-state index < -0.39 is 0 Å². The molecule has 2 aromatic heterocycles. The Labute approximate surface area is 167 Å². The van der Waals surface area contributed by atoms with E-state index in [0.29, 0.717) is 18.9 Å². The predicted molar refractivity (Wildman–Crippen MR) is 105 cm³/mol. The zero-order chi connectivity index (χ0) is 19.8. The Kier molecular flexibility index (Phi) is 4.42. The second-order valence-corrected chi connectivity index (χ2v) is 7.42. The van der Waals surface area contributed by atoms with Crippen molar-refractivity contribution in [3.8, 4) is 11.5 Å². The van der Waals surface area contributed by atoms with E-state index in [1.165, 1.54) is 6.33 Å². The quantitative estimate of drug-likeness (QED) is 0.720. The van der Waals surface area contributed by atoms with Crippen molar-refractivity contribution in [1.29, 1.82) is 0 Å². The van der Waals surface area contributed by atoms with Crippen molar-refractivity contribution in [3.05, 3.63) is 41.9 Å². The van der Waals surface area contributed by atoms with Crippen molar-refractivity contribution in [3.63, 3.8) is 0 Å². The molecular weight excluding hydrogens is 372 g/mol. The molecule has 0 spiro atoms. The maximum atomic E-state index is 12.8. The molecule has 9 nitrogen and oxygen atoms in total. The predicted octanol–water partition coefficient (Wildman–Crippen LogP) is 1.69. The highest BCUT2D eigenvalue weighted by atomic mass is 16.7. The molecular formula is C20H22N6O3. The van der Waals surface area contributed by atoms with Gasteiger partial charge in [0.15, 0.2) is 11.5 Å². The summed E-state index contributed by atoms with van der Waals surface area (Å²) in [5.74, 6) is 2.96. The molecule has 1 saturated heterocycles. The Morgan fingerprint density at radius 2 is 2.17 bits per heavy atom. The van der Waals surface area contributed by atoms with Gasteiger partial charge < -0.3 is 19.7 Å². The minimum absolute atomic E-state index is 0.0629. The van der Waals surface area contributed by atoms with E-state index in [9.17, 15) is 4.79 Å². The van der Waals surface area contributed by atoms with Gasteiger partial charge in [0.05, 0.1) is 5.92 Å². The first-order valence-electron chi connectivity index (χ1n) is 9.76. The number of ether oxygens (including phenoxy) is 2. The average molecular weight is 394 g/mol. The molecule has 1 fully saturated rings. The molecule has 4 heterocycles. The van der Waals surface area contributed by atoms with Crippen LogP contribution in [0.3, 0.4) is 0 Å². The number of benzene rings is 1. The van der Waals surface area contributed by atoms with Crippen LogP contribution >= 0.6 is 0 Å². The molecule has 1 aromatic carbocycles. The molecule has 0 saturated carbocycles. The van der Waals surface area contributed by atoms with Crippen LogP contribution in [0.2, 0.25) is 0 Å². The third kappa shape index (κ3) is 3.43. The van der Waals surface area contributed by atoms with E-state index in [1.807, 2.05) is 31.2 Å². The summed E-state index contributed by atoms with van der Waals surface area (Å²) < 4.78 is 12.5. The number of hydrogen-bond donors (Lipinski definition) is 1. The third-order valence-corrected chi connectivity index (χ3v) is 5.38. The number of aromatic nitrogens is 4. The topological polar surface area (TPSA) is 93.9 Å². The summed E-state index contributed by atoms with van der Waals surface area (Å²) in [4.78, 5) is 23.6. The molecule has 0 aliphatic carbocycles. The van der Waals surface area contributed by atoms with Gasteiger partial charge in [-0.3, -0.25) is 4.79 Å². The van der Waals surface area contributed by atoms with Crippen LogP contribution < -0.4 is 19.7 Å². The van der Waals surface area contributed by atoms with Crippen LogP contribution in [0.15, 0.2) is 30.6 Å². The molecule has 150 valence electrons. The molecule has 2 aliphatic heterocycles. The Hall–Kier alpha value is -3.36. The molecule has 9 heteroatoms. The molecule has 5 rings (SSSR count). The fourth-order valence-corrected chi connectivity index (χ4v) is 3.92. The van der Waals surface area contributed by atoms with Crippen LogP contribution in [0.1, 0.15) is 24.1 Å². The lowest BCUT2D eigenvalue weighted by atomic mass is 9.97. The van der Waals surface area contributed by atoms with Crippen molar-refractivity contribution < 1.29 is 14.3 Å². The molecule has 1 N–H and O–H groups in total. The van der Waals surface area contributed by atoms with Gasteiger partial charge in [-0.1, -0.05) is 6.07 Å². The van der Waals surface area contributed by atoms with E-state index in [2.05, 4.69) is 25.3 Å². The maximum absolute atomic E-state index is 12.8. The van der Waals surface area contributed by atoms with Gasteiger partial charge in [0.2, 0.25) is 12.7 Å². The number of carbonyl (C=O) groups is 1. The zero-order valence-corrected chi connectivity index (χ0v) is 16.2. The van der Waals surface area contributed by atoms with Crippen LogP contribution in [-0.2, 0) is 11.3 Å². The van der Waals surface area contributed by atoms with Gasteiger partial charge in [-0.15, -0.1) is 0 Å². The van der Waals surface area contributed by atoms with E-state index in [-0.39, 0.29) is 18.6 Å². The highest BCUT2D eigenvalue weighted by molar-refractivity contribution is 5.79. The lowest BCUT2D eigenvalue weighted by Gasteiger charge is -2.33. The molecule has 1 amide bonds. The van der Waals surface area contributed by atoms with Crippen molar-refractivity contribution in [2.24, 2.45) is 5.92 Å². The number of piperidine rings is 1. The molecule has 2 aliphatic rings. The van der Waals surface area contributed by atoms with E-state index >= 15 is 0 Å². The Morgan fingerprint density at radius 3 is 3.10 bits per heavy atom. The number of aryl methyl sites for hydroxylation is 1. The van der Waals surface area contributed by atoms with Gasteiger partial charge >= 0.3 is 0 Å². The highest BCUT2D eigenvalue weighted by Crippen LogP contribution is 2.32. The fourth-order valence-electron chi connectivity index (χ4n) is 3.92. The molecule has 0 radical (unpaired) electrons. The summed E-state index contributed by atoms with van der Waals surface area (Å²) >= 11 is 0. The Morgan fingerprint density at radius 1 is 1.28 bits per heavy atom. The number of hydrogen-bond acceptors (Lipinski definition) is 7. The monoisotopic (exact) mass is 394 g/mol. The number of carbonyl (C=O) groups excluding carboxylic acids is 1. The van der Waals surface area contributed by atoms with Crippen molar-refractivity contribution in [2.45, 2.75) is 26.3 Å². The summed E-state index contributed by atoms with van der Waals surface area (Å²) in [6, 6.07) is 7.73. The van der Waals surface area contributed by atoms with Crippen LogP contribution in [-0.4, -0.2) is 45.4 Å². The standard InChI is InChI=1S/C20H22N6O3/c1-13-7-18(26-20(24-13)22-11-23-26)25-6-2-3-15(10-25)19(27)21-9-14-4-5-16-17(8-14)29-12-28-16/h4-5,7-8,11,15H,2-3,6,9-10,12H2,1H3,(H,21,27)/t15-/m1/s1. The zero-order valence-electron chi connectivity index (χ0n) is 16.2. The van der Waals surface area contributed by atoms with Gasteiger partial charge in [-0.25, -0.2) is 4.98 Å². The SMILES string of the molecule is Cc1cc(N2CCC[C@@H](C(=O)NCc3ccc4c(c3)OCO4)C2)n2ncnc2n1. The van der Waals surface area contributed by atoms with Gasteiger partial charge in [-0.2, -0.15) is 14.6 Å². The average Bonchev–Trinajstić information content (AvgIpc) is 3.40. The number of rotatable bonds is 4. The lowest BCUT2D eigenvalue weighted by Crippen LogP contribution is -2.43. The first kappa shape index (κ1) is 17.7. The maximum Gasteiger partial charge on any atom is 0.254 e. The smallest absolute Gasteiger partial charge is 0.254 e. The fraction of sp³-hybridized carbons (Fsp3) is 0.400. The van der Waals surface area contributed by atoms with E-state index in [0.717, 1.165) is 48.0 Å². The van der Waals surface area contributed by atoms with Crippen LogP contribution in [0.25, 0.3) is 5.78 Å². The van der Waals surface area contributed by atoms with Crippen LogP contribution in [0.4, 0.5) is 5.82 Å². The second-order valence-electron chi connectivity index (χ2n) is 7.42. The first-order valence-corrected chi connectivity index (χ1v) is 9.76. The minimum Gasteiger partial charge on any atom is -0.454 e. The molecule has 29 heavy (non-hydrogen) atoms. The van der Waals surface area contributed by atoms with E-state index in [1.54, 1.807) is 4.52 Å². The summed E-state index contributed by atoms with van der Waals surface area (Å²) in [6.45, 7) is 4.18. The lowest BCUT2D eigenvalue weighted by molar-refractivity contribution is -0.125. The molecule has 3 aromatic rings. The van der Waals surface area contributed by atoms with Gasteiger partial charge in [-0.05, 0) is 37.5 Å². The number of nitrogens with zero attached hydrogens (tertiary/aromatic N) is 5. The van der Waals surface area contributed by atoms with Gasteiger partial charge in [0.1, 0.15) is 12.1 Å². The largest absolute Gasteiger partial charge is 0.454 e. The molecule has 1 atom stereocenters. The van der Waals surface area contributed by atoms with Crippen LogP contribution in [0, 0.1) is 12.8 Å². The number of amides is 1. The Balaban J connectivity index is 1.26. The highest BCUT2D eigenvalue weighted by Gasteiger charge is 2.27. The number of anilines is 1. The van der Waals surface area contributed by atoms with Crippen molar-refractivity contribution in [1.82, 2.24) is 24.9 Å². The second kappa shape index (κ2) is 7.23. The number of fused-ring (bicyclic) bond motifs is 2. The van der Waals surface area contributed by atoms with Crippen molar-refractivity contribution >= 4 is 17.5 Å². The van der Waals surface area contributed by atoms with Crippen molar-refractivity contribution in [2.75, 3.05) is 24.8 Å².